The van der Waals surface area contributed by atoms with Crippen molar-refractivity contribution in [2.75, 3.05) is 26.9 Å². The molecule has 1 heterocycles. The quantitative estimate of drug-likeness (QED) is 0.264. The normalized spacial score (nSPS) is 16.4. The van der Waals surface area contributed by atoms with Crippen molar-refractivity contribution in [3.05, 3.63) is 64.2 Å². The fraction of sp³-hybridized carbons (Fsp3) is 0.348. The molecule has 0 bridgehead atoms. The van der Waals surface area contributed by atoms with Crippen LogP contribution in [0.4, 0.5) is 4.39 Å². The second kappa shape index (κ2) is 11.7. The summed E-state index contributed by atoms with van der Waals surface area (Å²) in [6, 6.07) is 10.7. The highest BCUT2D eigenvalue weighted by molar-refractivity contribution is 6.30. The van der Waals surface area contributed by atoms with Gasteiger partial charge in [-0.25, -0.2) is 4.39 Å². The van der Waals surface area contributed by atoms with Crippen LogP contribution in [0.3, 0.4) is 0 Å². The Morgan fingerprint density at radius 1 is 1.32 bits per heavy atom. The number of oxime groups is 1. The summed E-state index contributed by atoms with van der Waals surface area (Å²) in [6.45, 7) is -0.263. The Morgan fingerprint density at radius 2 is 2.06 bits per heavy atom. The molecule has 9 nitrogen and oxygen atoms in total. The third-order valence-electron chi connectivity index (χ3n) is 5.30. The number of halogens is 2. The minimum Gasteiger partial charge on any atom is -0.491 e. The van der Waals surface area contributed by atoms with Crippen LogP contribution in [0.25, 0.3) is 0 Å². The van der Waals surface area contributed by atoms with Gasteiger partial charge in [0.05, 0.1) is 0 Å². The van der Waals surface area contributed by atoms with Crippen LogP contribution in [-0.2, 0) is 21.0 Å². The predicted molar refractivity (Wildman–Crippen MR) is 124 cm³/mol. The zero-order valence-electron chi connectivity index (χ0n) is 18.5. The summed E-state index contributed by atoms with van der Waals surface area (Å²) < 4.78 is 17.6. The maximum atomic E-state index is 12.8. The molecule has 2 amide bonds. The molecule has 1 aliphatic heterocycles. The monoisotopic (exact) mass is 492 g/mol. The van der Waals surface area contributed by atoms with Crippen molar-refractivity contribution < 1.29 is 28.7 Å². The maximum Gasteiger partial charge on any atom is 0.256 e. The zero-order valence-corrected chi connectivity index (χ0v) is 19.3. The van der Waals surface area contributed by atoms with E-state index in [0.717, 1.165) is 5.56 Å². The molecule has 0 aliphatic carbocycles. The van der Waals surface area contributed by atoms with Gasteiger partial charge in [0.2, 0.25) is 5.91 Å². The summed E-state index contributed by atoms with van der Waals surface area (Å²) >= 11 is 6.03. The summed E-state index contributed by atoms with van der Waals surface area (Å²) in [5.41, 5.74) is 7.48. The molecule has 2 atom stereocenters. The van der Waals surface area contributed by atoms with Crippen LogP contribution in [0.1, 0.15) is 29.2 Å². The van der Waals surface area contributed by atoms with E-state index >= 15 is 0 Å². The number of alkyl halides is 1. The minimum atomic E-state index is -1.53. The molecule has 2 aromatic rings. The van der Waals surface area contributed by atoms with Gasteiger partial charge in [-0.1, -0.05) is 41.0 Å². The van der Waals surface area contributed by atoms with Crippen LogP contribution < -0.4 is 15.8 Å². The first-order chi connectivity index (χ1) is 16.3. The second-order valence-corrected chi connectivity index (χ2v) is 8.01. The Bertz CT molecular complexity index is 1050. The van der Waals surface area contributed by atoms with Gasteiger partial charge in [0.25, 0.3) is 5.91 Å². The van der Waals surface area contributed by atoms with E-state index in [1.807, 2.05) is 0 Å². The number of rotatable bonds is 10. The molecule has 0 aromatic heterocycles. The number of aliphatic hydroxyl groups is 1. The molecule has 3 rings (SSSR count). The molecular formula is C23H26ClFN4O5. The number of hydrogen-bond acceptors (Lipinski definition) is 6. The molecule has 4 N–H and O–H groups in total. The van der Waals surface area contributed by atoms with Crippen LogP contribution in [0.5, 0.6) is 5.75 Å². The van der Waals surface area contributed by atoms with Crippen molar-refractivity contribution >= 4 is 29.3 Å². The summed E-state index contributed by atoms with van der Waals surface area (Å²) in [5, 5.41) is 17.3. The first kappa shape index (κ1) is 25.3. The third-order valence-corrected chi connectivity index (χ3v) is 5.52. The van der Waals surface area contributed by atoms with Crippen LogP contribution in [0.15, 0.2) is 47.6 Å². The zero-order chi connectivity index (χ0) is 24.7. The Balaban J connectivity index is 1.58. The molecule has 182 valence electrons. The van der Waals surface area contributed by atoms with Gasteiger partial charge in [-0.2, -0.15) is 0 Å². The molecular weight excluding hydrogens is 467 g/mol. The van der Waals surface area contributed by atoms with Crippen LogP contribution in [0.2, 0.25) is 5.02 Å². The van der Waals surface area contributed by atoms with E-state index in [9.17, 15) is 19.1 Å². The number of amidine groups is 1. The highest BCUT2D eigenvalue weighted by Crippen LogP contribution is 2.29. The van der Waals surface area contributed by atoms with Crippen molar-refractivity contribution in [2.24, 2.45) is 10.9 Å². The SMILES string of the molecule is CON=C(N)c1ccc(CNC(=O)[C@@H]2CCN2C(=O)[C@H](O)c2cc(Cl)cc(OCCF)c2)cc1. The number of carbonyl (C=O) groups is 2. The van der Waals surface area contributed by atoms with Crippen molar-refractivity contribution in [2.45, 2.75) is 25.1 Å². The lowest BCUT2D eigenvalue weighted by Gasteiger charge is -2.40. The number of carbonyl (C=O) groups excluding carboxylic acids is 2. The second-order valence-electron chi connectivity index (χ2n) is 7.57. The number of nitrogens with zero attached hydrogens (tertiary/aromatic N) is 2. The van der Waals surface area contributed by atoms with Gasteiger partial charge in [-0.05, 0) is 35.7 Å². The maximum absolute atomic E-state index is 12.8. The molecule has 11 heteroatoms. The number of likely N-dealkylation sites (tertiary alicyclic amines) is 1. The molecule has 1 saturated heterocycles. The summed E-state index contributed by atoms with van der Waals surface area (Å²) in [5.74, 6) is -0.469. The van der Waals surface area contributed by atoms with Gasteiger partial charge in [0.1, 0.15) is 32.2 Å². The van der Waals surface area contributed by atoms with E-state index in [-0.39, 0.29) is 41.2 Å². The molecule has 0 spiro atoms. The Hall–Kier alpha value is -3.37. The fourth-order valence-corrected chi connectivity index (χ4v) is 3.69. The average Bonchev–Trinajstić information content (AvgIpc) is 2.80. The lowest BCUT2D eigenvalue weighted by atomic mass is 9.98. The first-order valence-electron chi connectivity index (χ1n) is 10.6. The third kappa shape index (κ3) is 6.15. The highest BCUT2D eigenvalue weighted by Gasteiger charge is 2.40. The van der Waals surface area contributed by atoms with Gasteiger partial charge in [0, 0.05) is 23.7 Å². The smallest absolute Gasteiger partial charge is 0.256 e. The van der Waals surface area contributed by atoms with Crippen LogP contribution in [-0.4, -0.2) is 60.6 Å². The van der Waals surface area contributed by atoms with Crippen molar-refractivity contribution in [3.63, 3.8) is 0 Å². The largest absolute Gasteiger partial charge is 0.491 e. The van der Waals surface area contributed by atoms with E-state index in [4.69, 9.17) is 22.1 Å². The topological polar surface area (TPSA) is 126 Å². The Morgan fingerprint density at radius 3 is 2.68 bits per heavy atom. The number of nitrogens with one attached hydrogen (secondary N) is 1. The Labute approximate surface area is 201 Å². The van der Waals surface area contributed by atoms with Gasteiger partial charge in [-0.15, -0.1) is 0 Å². The van der Waals surface area contributed by atoms with E-state index in [1.54, 1.807) is 24.3 Å². The summed E-state index contributed by atoms with van der Waals surface area (Å²) in [7, 11) is 1.40. The molecule has 0 radical (unpaired) electrons. The number of amides is 2. The number of ether oxygens (including phenoxy) is 1. The number of nitrogens with two attached hydrogens (primary N) is 1. The number of aliphatic hydroxyl groups excluding tert-OH is 1. The lowest BCUT2D eigenvalue weighted by molar-refractivity contribution is -0.154. The highest BCUT2D eigenvalue weighted by atomic mass is 35.5. The molecule has 0 unspecified atom stereocenters. The van der Waals surface area contributed by atoms with Gasteiger partial charge in [-0.3, -0.25) is 9.59 Å². The van der Waals surface area contributed by atoms with Crippen LogP contribution >= 0.6 is 11.6 Å². The molecule has 0 saturated carbocycles. The van der Waals surface area contributed by atoms with Gasteiger partial charge >= 0.3 is 0 Å². The summed E-state index contributed by atoms with van der Waals surface area (Å²) in [4.78, 5) is 31.4. The van der Waals surface area contributed by atoms with Crippen LogP contribution in [0, 0.1) is 0 Å². The lowest BCUT2D eigenvalue weighted by Crippen LogP contribution is -2.59. The van der Waals surface area contributed by atoms with E-state index in [2.05, 4.69) is 15.3 Å². The Kier molecular flexibility index (Phi) is 8.67. The first-order valence-corrected chi connectivity index (χ1v) is 10.9. The molecule has 1 fully saturated rings. The van der Waals surface area contributed by atoms with Gasteiger partial charge in [0.15, 0.2) is 11.9 Å². The molecule has 34 heavy (non-hydrogen) atoms. The standard InChI is InChI=1S/C23H26ClFN4O5/c1-33-28-21(26)15-4-2-14(3-5-15)13-27-22(31)19-6-8-29(19)23(32)20(30)16-10-17(24)12-18(11-16)34-9-7-25/h2-5,10-12,19-20,30H,6-9,13H2,1H3,(H2,26,28)(H,27,31)/t19-,20+/m0/s1. The van der Waals surface area contributed by atoms with E-state index in [0.29, 0.717) is 18.5 Å². The van der Waals surface area contributed by atoms with Gasteiger partial charge < -0.3 is 30.6 Å². The van der Waals surface area contributed by atoms with Crippen molar-refractivity contribution in [3.8, 4) is 5.75 Å². The average molecular weight is 493 g/mol. The van der Waals surface area contributed by atoms with Crippen molar-refractivity contribution in [1.82, 2.24) is 10.2 Å². The molecule has 1 aliphatic rings. The predicted octanol–water partition coefficient (Wildman–Crippen LogP) is 1.91. The fourth-order valence-electron chi connectivity index (χ4n) is 3.46. The minimum absolute atomic E-state index is 0.172. The molecule has 2 aromatic carbocycles. The number of benzene rings is 2. The number of hydrogen-bond donors (Lipinski definition) is 3. The van der Waals surface area contributed by atoms with E-state index < -0.39 is 24.7 Å². The van der Waals surface area contributed by atoms with E-state index in [1.165, 1.54) is 30.2 Å². The van der Waals surface area contributed by atoms with Crippen molar-refractivity contribution in [1.29, 1.82) is 0 Å². The summed E-state index contributed by atoms with van der Waals surface area (Å²) in [6.07, 6.45) is -1.05.